The van der Waals surface area contributed by atoms with E-state index in [2.05, 4.69) is 29.0 Å². The summed E-state index contributed by atoms with van der Waals surface area (Å²) in [4.78, 5) is 0. The van der Waals surface area contributed by atoms with Gasteiger partial charge in [0.1, 0.15) is 0 Å². The van der Waals surface area contributed by atoms with Crippen molar-refractivity contribution in [3.63, 3.8) is 0 Å². The third-order valence-corrected chi connectivity index (χ3v) is 4.94. The number of rotatable bonds is 7. The molecular weight excluding hydrogens is 282 g/mol. The van der Waals surface area contributed by atoms with E-state index in [1.165, 1.54) is 11.1 Å². The van der Waals surface area contributed by atoms with Gasteiger partial charge in [-0.15, -0.1) is 0 Å². The van der Waals surface area contributed by atoms with Crippen LogP contribution in [-0.4, -0.2) is 20.7 Å². The molecule has 0 aromatic heterocycles. The van der Waals surface area contributed by atoms with Crippen LogP contribution in [0.1, 0.15) is 30.4 Å². The first-order valence-corrected chi connectivity index (χ1v) is 8.85. The molecule has 0 aliphatic rings. The molecule has 1 N–H and O–H groups in total. The first-order valence-electron chi connectivity index (χ1n) is 7.19. The largest absolute Gasteiger partial charge is 0.215 e. The van der Waals surface area contributed by atoms with Crippen molar-refractivity contribution in [3.8, 4) is 0 Å². The van der Waals surface area contributed by atoms with Crippen LogP contribution in [0, 0.1) is 0 Å². The van der Waals surface area contributed by atoms with Gasteiger partial charge in [0.15, 0.2) is 0 Å². The first-order chi connectivity index (χ1) is 10.1. The molecule has 0 fully saturated rings. The Labute approximate surface area is 127 Å². The third-order valence-electron chi connectivity index (χ3n) is 3.54. The molecule has 0 aliphatic carbocycles. The normalized spacial score (nSPS) is 11.7. The molecule has 3 nitrogen and oxygen atoms in total. The molecule has 2 aromatic rings. The van der Waals surface area contributed by atoms with Gasteiger partial charge in [-0.3, -0.25) is 0 Å². The Morgan fingerprint density at radius 3 is 1.81 bits per heavy atom. The van der Waals surface area contributed by atoms with E-state index >= 15 is 0 Å². The number of hydrogen-bond acceptors (Lipinski definition) is 2. The summed E-state index contributed by atoms with van der Waals surface area (Å²) in [5.74, 6) is 0.320. The molecule has 0 saturated carbocycles. The van der Waals surface area contributed by atoms with Crippen LogP contribution in [0.5, 0.6) is 0 Å². The van der Waals surface area contributed by atoms with Gasteiger partial charge in [-0.05, 0) is 24.5 Å². The van der Waals surface area contributed by atoms with Gasteiger partial charge in [0.25, 0.3) is 0 Å². The maximum Gasteiger partial charge on any atom is 0.211 e. The number of nitrogens with one attached hydrogen (secondary N) is 1. The van der Waals surface area contributed by atoms with Gasteiger partial charge in [0.05, 0.1) is 5.75 Å². The van der Waals surface area contributed by atoms with E-state index in [0.29, 0.717) is 6.54 Å². The molecule has 0 heterocycles. The van der Waals surface area contributed by atoms with Crippen LogP contribution in [0.2, 0.25) is 0 Å². The fourth-order valence-corrected chi connectivity index (χ4v) is 2.99. The number of benzene rings is 2. The summed E-state index contributed by atoms with van der Waals surface area (Å²) in [6.45, 7) is 2.10. The Morgan fingerprint density at radius 2 is 1.38 bits per heavy atom. The van der Waals surface area contributed by atoms with E-state index in [4.69, 9.17) is 0 Å². The predicted molar refractivity (Wildman–Crippen MR) is 86.8 cm³/mol. The van der Waals surface area contributed by atoms with E-state index < -0.39 is 10.0 Å². The van der Waals surface area contributed by atoms with Crippen molar-refractivity contribution in [1.82, 2.24) is 4.72 Å². The van der Waals surface area contributed by atoms with E-state index in [-0.39, 0.29) is 11.7 Å². The third kappa shape index (κ3) is 4.69. The highest BCUT2D eigenvalue weighted by molar-refractivity contribution is 7.89. The molecule has 0 unspecified atom stereocenters. The second-order valence-corrected chi connectivity index (χ2v) is 7.06. The highest BCUT2D eigenvalue weighted by Gasteiger charge is 2.15. The van der Waals surface area contributed by atoms with Crippen molar-refractivity contribution in [2.45, 2.75) is 19.3 Å². The van der Waals surface area contributed by atoms with Crippen LogP contribution >= 0.6 is 0 Å². The summed E-state index contributed by atoms with van der Waals surface area (Å²) >= 11 is 0. The molecule has 2 rings (SSSR count). The van der Waals surface area contributed by atoms with E-state index in [0.717, 1.165) is 6.42 Å². The monoisotopic (exact) mass is 303 g/mol. The Bertz CT molecular complexity index is 600. The maximum absolute atomic E-state index is 11.5. The van der Waals surface area contributed by atoms with Crippen molar-refractivity contribution in [1.29, 1.82) is 0 Å². The zero-order valence-corrected chi connectivity index (χ0v) is 13.0. The Balaban J connectivity index is 2.14. The summed E-state index contributed by atoms with van der Waals surface area (Å²) in [6.07, 6.45) is 0.743. The second-order valence-electron chi connectivity index (χ2n) is 4.96. The van der Waals surface area contributed by atoms with Gasteiger partial charge in [-0.2, -0.15) is 0 Å². The molecular formula is C17H21NO2S. The van der Waals surface area contributed by atoms with Gasteiger partial charge in [-0.25, -0.2) is 13.1 Å². The minimum Gasteiger partial charge on any atom is -0.215 e. The SMILES string of the molecule is CCS(=O)(=O)NCCC(c1ccccc1)c1ccccc1. The Morgan fingerprint density at radius 1 is 0.905 bits per heavy atom. The summed E-state index contributed by atoms with van der Waals surface area (Å²) < 4.78 is 25.7. The van der Waals surface area contributed by atoms with Gasteiger partial charge < -0.3 is 0 Å². The Kier molecular flexibility index (Phi) is 5.53. The topological polar surface area (TPSA) is 46.2 Å². The zero-order chi connectivity index (χ0) is 15.1. The molecule has 0 saturated heterocycles. The zero-order valence-electron chi connectivity index (χ0n) is 12.2. The molecule has 0 radical (unpaired) electrons. The lowest BCUT2D eigenvalue weighted by Gasteiger charge is -2.18. The lowest BCUT2D eigenvalue weighted by molar-refractivity contribution is 0.576. The average molecular weight is 303 g/mol. The quantitative estimate of drug-likeness (QED) is 0.854. The molecule has 0 atom stereocenters. The van der Waals surface area contributed by atoms with Crippen LogP contribution in [0.4, 0.5) is 0 Å². The molecule has 2 aromatic carbocycles. The molecule has 0 amide bonds. The maximum atomic E-state index is 11.5. The van der Waals surface area contributed by atoms with E-state index in [1.807, 2.05) is 36.4 Å². The van der Waals surface area contributed by atoms with Crippen LogP contribution in [0.25, 0.3) is 0 Å². The van der Waals surface area contributed by atoms with E-state index in [9.17, 15) is 8.42 Å². The Hall–Kier alpha value is -1.65. The lowest BCUT2D eigenvalue weighted by Crippen LogP contribution is -2.27. The fourth-order valence-electron chi connectivity index (χ4n) is 2.36. The first kappa shape index (κ1) is 15.7. The summed E-state index contributed by atoms with van der Waals surface area (Å²) in [5.41, 5.74) is 2.42. The van der Waals surface area contributed by atoms with Crippen LogP contribution in [0.3, 0.4) is 0 Å². The van der Waals surface area contributed by atoms with Crippen molar-refractivity contribution < 1.29 is 8.42 Å². The molecule has 0 spiro atoms. The second kappa shape index (κ2) is 7.38. The highest BCUT2D eigenvalue weighted by atomic mass is 32.2. The van der Waals surface area contributed by atoms with E-state index in [1.54, 1.807) is 6.92 Å². The highest BCUT2D eigenvalue weighted by Crippen LogP contribution is 2.27. The van der Waals surface area contributed by atoms with Gasteiger partial charge in [-0.1, -0.05) is 60.7 Å². The fraction of sp³-hybridized carbons (Fsp3) is 0.294. The molecule has 112 valence electrons. The summed E-state index contributed by atoms with van der Waals surface area (Å²) in [7, 11) is -3.13. The molecule has 21 heavy (non-hydrogen) atoms. The van der Waals surface area contributed by atoms with Crippen LogP contribution in [0.15, 0.2) is 60.7 Å². The standard InChI is InChI=1S/C17H21NO2S/c1-2-21(19,20)18-14-13-17(15-9-5-3-6-10-15)16-11-7-4-8-12-16/h3-12,17-18H,2,13-14H2,1H3. The van der Waals surface area contributed by atoms with Gasteiger partial charge >= 0.3 is 0 Å². The minimum atomic E-state index is -3.13. The minimum absolute atomic E-state index is 0.119. The number of sulfonamides is 1. The molecule has 0 bridgehead atoms. The molecule has 0 aliphatic heterocycles. The van der Waals surface area contributed by atoms with Crippen molar-refractivity contribution in [2.24, 2.45) is 0 Å². The lowest BCUT2D eigenvalue weighted by atomic mass is 9.89. The predicted octanol–water partition coefficient (Wildman–Crippen LogP) is 3.15. The van der Waals surface area contributed by atoms with Crippen LogP contribution in [-0.2, 0) is 10.0 Å². The smallest absolute Gasteiger partial charge is 0.211 e. The van der Waals surface area contributed by atoms with Crippen LogP contribution < -0.4 is 4.72 Å². The van der Waals surface area contributed by atoms with Gasteiger partial charge in [0.2, 0.25) is 10.0 Å². The van der Waals surface area contributed by atoms with Crippen molar-refractivity contribution >= 4 is 10.0 Å². The average Bonchev–Trinajstić information content (AvgIpc) is 2.53. The summed E-state index contributed by atoms with van der Waals surface area (Å²) in [6, 6.07) is 20.4. The summed E-state index contributed by atoms with van der Waals surface area (Å²) in [5, 5.41) is 0. The number of hydrogen-bond donors (Lipinski definition) is 1. The molecule has 4 heteroatoms. The van der Waals surface area contributed by atoms with Crippen molar-refractivity contribution in [3.05, 3.63) is 71.8 Å². The van der Waals surface area contributed by atoms with Gasteiger partial charge in [0, 0.05) is 12.5 Å². The van der Waals surface area contributed by atoms with Crippen molar-refractivity contribution in [2.75, 3.05) is 12.3 Å².